The maximum Gasteiger partial charge on any atom is 0.332 e. The third kappa shape index (κ3) is 4.36. The molecule has 0 spiro atoms. The monoisotopic (exact) mass is 424 g/mol. The molecule has 3 aromatic rings. The highest BCUT2D eigenvalue weighted by molar-refractivity contribution is 5.71. The van der Waals surface area contributed by atoms with Gasteiger partial charge in [-0.25, -0.2) is 9.78 Å². The van der Waals surface area contributed by atoms with Crippen LogP contribution in [0.1, 0.15) is 38.1 Å². The molecule has 0 saturated heterocycles. The van der Waals surface area contributed by atoms with Crippen molar-refractivity contribution in [3.05, 3.63) is 45.1 Å². The van der Waals surface area contributed by atoms with Gasteiger partial charge in [0, 0.05) is 25.2 Å². The molecule has 0 amide bonds. The molecule has 164 valence electrons. The number of aromatic nitrogens is 5. The third-order valence-electron chi connectivity index (χ3n) is 5.72. The molecule has 0 unspecified atom stereocenters. The lowest BCUT2D eigenvalue weighted by Gasteiger charge is -2.16. The van der Waals surface area contributed by atoms with Crippen molar-refractivity contribution in [1.82, 2.24) is 29.2 Å². The molecule has 9 heteroatoms. The Bertz CT molecular complexity index is 1180. The van der Waals surface area contributed by atoms with E-state index in [2.05, 4.69) is 20.1 Å². The lowest BCUT2D eigenvalue weighted by molar-refractivity contribution is 0.281. The van der Waals surface area contributed by atoms with Gasteiger partial charge in [0.2, 0.25) is 0 Å². The molecule has 0 radical (unpaired) electrons. The van der Waals surface area contributed by atoms with E-state index in [1.54, 1.807) is 4.57 Å². The van der Waals surface area contributed by atoms with Crippen LogP contribution in [0.4, 0.5) is 0 Å². The second-order valence-corrected chi connectivity index (χ2v) is 8.29. The van der Waals surface area contributed by atoms with E-state index < -0.39 is 5.56 Å². The largest absolute Gasteiger partial charge is 0.494 e. The highest BCUT2D eigenvalue weighted by atomic mass is 16.5. The predicted molar refractivity (Wildman–Crippen MR) is 118 cm³/mol. The third-order valence-corrected chi connectivity index (χ3v) is 5.72. The Morgan fingerprint density at radius 1 is 1.10 bits per heavy atom. The van der Waals surface area contributed by atoms with Crippen molar-refractivity contribution in [3.8, 4) is 17.1 Å². The van der Waals surface area contributed by atoms with Crippen LogP contribution in [0.25, 0.3) is 22.6 Å². The second kappa shape index (κ2) is 8.97. The van der Waals surface area contributed by atoms with E-state index in [-0.39, 0.29) is 22.9 Å². The van der Waals surface area contributed by atoms with E-state index in [0.29, 0.717) is 12.4 Å². The van der Waals surface area contributed by atoms with Gasteiger partial charge in [-0.15, -0.1) is 10.2 Å². The minimum Gasteiger partial charge on any atom is -0.494 e. The van der Waals surface area contributed by atoms with Gasteiger partial charge in [0.1, 0.15) is 5.75 Å². The maximum atomic E-state index is 12.7. The van der Waals surface area contributed by atoms with Crippen LogP contribution in [-0.2, 0) is 7.05 Å². The van der Waals surface area contributed by atoms with Gasteiger partial charge in [-0.1, -0.05) is 12.8 Å². The summed E-state index contributed by atoms with van der Waals surface area (Å²) in [5.74, 6) is 1.11. The minimum atomic E-state index is -0.453. The van der Waals surface area contributed by atoms with Crippen LogP contribution in [0.15, 0.2) is 33.9 Å². The normalized spacial score (nSPS) is 14.6. The molecule has 0 bridgehead atoms. The molecule has 9 nitrogen and oxygen atoms in total. The molecule has 0 N–H and O–H groups in total. The fourth-order valence-corrected chi connectivity index (χ4v) is 4.01. The molecule has 4 rings (SSSR count). The first kappa shape index (κ1) is 21.2. The van der Waals surface area contributed by atoms with Gasteiger partial charge < -0.3 is 9.64 Å². The Labute approximate surface area is 180 Å². The average Bonchev–Trinajstić information content (AvgIpc) is 3.30. The molecule has 1 aromatic carbocycles. The molecule has 1 fully saturated rings. The molecule has 1 aliphatic carbocycles. The average molecular weight is 425 g/mol. The first-order chi connectivity index (χ1) is 15.0. The molecule has 1 saturated carbocycles. The van der Waals surface area contributed by atoms with Crippen LogP contribution in [0.2, 0.25) is 0 Å². The topological polar surface area (TPSA) is 95.1 Å². The van der Waals surface area contributed by atoms with Gasteiger partial charge in [-0.3, -0.25) is 13.9 Å². The quantitative estimate of drug-likeness (QED) is 0.535. The van der Waals surface area contributed by atoms with Crippen LogP contribution in [-0.4, -0.2) is 56.5 Å². The Morgan fingerprint density at radius 2 is 1.81 bits per heavy atom. The molecule has 0 atom stereocenters. The molecule has 2 aromatic heterocycles. The summed E-state index contributed by atoms with van der Waals surface area (Å²) in [4.78, 5) is 32.1. The van der Waals surface area contributed by atoms with Gasteiger partial charge in [-0.2, -0.15) is 0 Å². The van der Waals surface area contributed by atoms with Crippen molar-refractivity contribution >= 4 is 11.2 Å². The van der Waals surface area contributed by atoms with Crippen molar-refractivity contribution in [2.75, 3.05) is 27.2 Å². The molecular formula is C22H28N6O3. The number of nitrogens with zero attached hydrogens (tertiary/aromatic N) is 6. The van der Waals surface area contributed by atoms with Gasteiger partial charge >= 0.3 is 5.69 Å². The zero-order chi connectivity index (χ0) is 22.0. The Morgan fingerprint density at radius 3 is 2.48 bits per heavy atom. The smallest absolute Gasteiger partial charge is 0.332 e. The van der Waals surface area contributed by atoms with E-state index >= 15 is 0 Å². The fraction of sp³-hybridized carbons (Fsp3) is 0.500. The van der Waals surface area contributed by atoms with Crippen LogP contribution in [0, 0.1) is 0 Å². The lowest BCUT2D eigenvalue weighted by Crippen LogP contribution is -2.40. The van der Waals surface area contributed by atoms with E-state index in [1.165, 1.54) is 7.05 Å². The summed E-state index contributed by atoms with van der Waals surface area (Å²) >= 11 is 0. The van der Waals surface area contributed by atoms with E-state index in [4.69, 9.17) is 4.74 Å². The Balaban J connectivity index is 1.63. The summed E-state index contributed by atoms with van der Waals surface area (Å²) in [6.07, 6.45) is 4.85. The summed E-state index contributed by atoms with van der Waals surface area (Å²) in [6, 6.07) is 7.45. The first-order valence-corrected chi connectivity index (χ1v) is 10.7. The number of fused-ring (bicyclic) bond motifs is 1. The zero-order valence-electron chi connectivity index (χ0n) is 18.2. The van der Waals surface area contributed by atoms with Crippen molar-refractivity contribution in [2.24, 2.45) is 7.05 Å². The SMILES string of the molecule is CN(C)CCCOc1ccc(-c2nnc3c(n2)c(=O)n(C)c(=O)n3C2CCCC2)cc1. The van der Waals surface area contributed by atoms with Gasteiger partial charge in [0.15, 0.2) is 17.0 Å². The Kier molecular flexibility index (Phi) is 6.13. The number of hydrogen-bond donors (Lipinski definition) is 0. The maximum absolute atomic E-state index is 12.7. The van der Waals surface area contributed by atoms with Crippen LogP contribution < -0.4 is 16.0 Å². The first-order valence-electron chi connectivity index (χ1n) is 10.7. The predicted octanol–water partition coefficient (Wildman–Crippen LogP) is 2.00. The molecule has 0 aliphatic heterocycles. The van der Waals surface area contributed by atoms with Gasteiger partial charge in [0.05, 0.1) is 6.61 Å². The highest BCUT2D eigenvalue weighted by Crippen LogP contribution is 2.29. The number of rotatable bonds is 7. The standard InChI is InChI=1S/C22H28N6O3/c1-26(2)13-6-14-31-17-11-9-15(10-12-17)19-23-18-20(25-24-19)28(16-7-4-5-8-16)22(30)27(3)21(18)29/h9-12,16H,4-8,13-14H2,1-3H3. The molecule has 1 aliphatic rings. The van der Waals surface area contributed by atoms with Crippen LogP contribution in [0.5, 0.6) is 5.75 Å². The summed E-state index contributed by atoms with van der Waals surface area (Å²) in [6.45, 7) is 1.61. The number of hydrogen-bond acceptors (Lipinski definition) is 7. The van der Waals surface area contributed by atoms with E-state index in [1.807, 2.05) is 38.4 Å². The summed E-state index contributed by atoms with van der Waals surface area (Å²) in [5.41, 5.74) is 0.360. The van der Waals surface area contributed by atoms with Gasteiger partial charge in [-0.05, 0) is 57.6 Å². The molecule has 31 heavy (non-hydrogen) atoms. The van der Waals surface area contributed by atoms with Crippen molar-refractivity contribution < 1.29 is 4.74 Å². The number of benzene rings is 1. The summed E-state index contributed by atoms with van der Waals surface area (Å²) in [5, 5.41) is 8.50. The van der Waals surface area contributed by atoms with E-state index in [9.17, 15) is 9.59 Å². The van der Waals surface area contributed by atoms with Crippen LogP contribution in [0.3, 0.4) is 0 Å². The summed E-state index contributed by atoms with van der Waals surface area (Å²) in [7, 11) is 5.55. The van der Waals surface area contributed by atoms with Crippen molar-refractivity contribution in [2.45, 2.75) is 38.1 Å². The second-order valence-electron chi connectivity index (χ2n) is 8.29. The minimum absolute atomic E-state index is 0.0349. The van der Waals surface area contributed by atoms with E-state index in [0.717, 1.165) is 54.5 Å². The Hall–Kier alpha value is -3.07. The van der Waals surface area contributed by atoms with Crippen molar-refractivity contribution in [3.63, 3.8) is 0 Å². The van der Waals surface area contributed by atoms with Gasteiger partial charge in [0.25, 0.3) is 5.56 Å². The highest BCUT2D eigenvalue weighted by Gasteiger charge is 2.24. The summed E-state index contributed by atoms with van der Waals surface area (Å²) < 4.78 is 8.47. The van der Waals surface area contributed by atoms with Crippen molar-refractivity contribution in [1.29, 1.82) is 0 Å². The molecular weight excluding hydrogens is 396 g/mol. The zero-order valence-corrected chi connectivity index (χ0v) is 18.2. The fourth-order valence-electron chi connectivity index (χ4n) is 4.01. The lowest BCUT2D eigenvalue weighted by atomic mass is 10.2. The van der Waals surface area contributed by atoms with Crippen LogP contribution >= 0.6 is 0 Å². The molecule has 2 heterocycles. The number of ether oxygens (including phenoxy) is 1.